The Kier molecular flexibility index (Phi) is 9.76. The predicted molar refractivity (Wildman–Crippen MR) is 113 cm³/mol. The van der Waals surface area contributed by atoms with Crippen LogP contribution in [0.1, 0.15) is 11.1 Å². The van der Waals surface area contributed by atoms with E-state index in [9.17, 15) is 0 Å². The van der Waals surface area contributed by atoms with Crippen molar-refractivity contribution in [1.82, 2.24) is 5.32 Å². The Balaban J connectivity index is 0.00000312. The van der Waals surface area contributed by atoms with E-state index in [1.807, 2.05) is 36.4 Å². The van der Waals surface area contributed by atoms with Gasteiger partial charge in [0.15, 0.2) is 5.96 Å². The normalized spacial score (nSPS) is 10.7. The van der Waals surface area contributed by atoms with E-state index >= 15 is 0 Å². The van der Waals surface area contributed by atoms with Crippen LogP contribution in [0.3, 0.4) is 0 Å². The van der Waals surface area contributed by atoms with Crippen LogP contribution in [0.25, 0.3) is 0 Å². The Bertz CT molecular complexity index is 660. The molecule has 0 atom stereocenters. The molecule has 6 heteroatoms. The molecule has 0 fully saturated rings. The van der Waals surface area contributed by atoms with Crippen LogP contribution in [0.2, 0.25) is 0 Å². The van der Waals surface area contributed by atoms with Crippen LogP contribution in [0.15, 0.2) is 53.5 Å². The molecule has 0 aliphatic heterocycles. The molecule has 25 heavy (non-hydrogen) atoms. The van der Waals surface area contributed by atoms with Crippen LogP contribution < -0.4 is 20.5 Å². The number of hydrogen-bond acceptors (Lipinski definition) is 3. The standard InChI is InChI=1S/C19H25N3O2.HI/c1-23-17-9-7-15(8-10-17)11-13-21-19(20)22-14-12-16-5-3-4-6-18(16)24-2;/h3-10H,11-14H2,1-2H3,(H3,20,21,22);1H. The molecule has 0 unspecified atom stereocenters. The lowest BCUT2D eigenvalue weighted by Crippen LogP contribution is -2.33. The number of methoxy groups -OCH3 is 2. The molecule has 2 aromatic carbocycles. The lowest BCUT2D eigenvalue weighted by molar-refractivity contribution is 0.410. The highest BCUT2D eigenvalue weighted by Crippen LogP contribution is 2.17. The quantitative estimate of drug-likeness (QED) is 0.365. The zero-order chi connectivity index (χ0) is 17.2. The Morgan fingerprint density at radius 2 is 1.72 bits per heavy atom. The molecule has 0 aliphatic carbocycles. The minimum atomic E-state index is 0. The van der Waals surface area contributed by atoms with Crippen molar-refractivity contribution in [3.63, 3.8) is 0 Å². The SMILES string of the molecule is COc1ccc(CCNC(N)=NCCc2ccccc2OC)cc1.I. The fourth-order valence-electron chi connectivity index (χ4n) is 2.39. The van der Waals surface area contributed by atoms with E-state index in [1.165, 1.54) is 5.56 Å². The van der Waals surface area contributed by atoms with Gasteiger partial charge in [0.1, 0.15) is 11.5 Å². The highest BCUT2D eigenvalue weighted by molar-refractivity contribution is 14.0. The third-order valence-corrected chi connectivity index (χ3v) is 3.73. The summed E-state index contributed by atoms with van der Waals surface area (Å²) < 4.78 is 10.5. The summed E-state index contributed by atoms with van der Waals surface area (Å²) in [5.74, 6) is 2.22. The van der Waals surface area contributed by atoms with Crippen molar-refractivity contribution < 1.29 is 9.47 Å². The summed E-state index contributed by atoms with van der Waals surface area (Å²) in [7, 11) is 3.34. The number of nitrogens with zero attached hydrogens (tertiary/aromatic N) is 1. The second-order valence-electron chi connectivity index (χ2n) is 5.35. The average molecular weight is 455 g/mol. The first kappa shape index (κ1) is 21.1. The first-order chi connectivity index (χ1) is 11.7. The van der Waals surface area contributed by atoms with Crippen molar-refractivity contribution in [2.75, 3.05) is 27.3 Å². The molecule has 0 bridgehead atoms. The molecule has 0 amide bonds. The van der Waals surface area contributed by atoms with Crippen molar-refractivity contribution in [3.05, 3.63) is 59.7 Å². The number of guanidine groups is 1. The molecular weight excluding hydrogens is 429 g/mol. The lowest BCUT2D eigenvalue weighted by atomic mass is 10.1. The number of para-hydroxylation sites is 1. The molecule has 0 spiro atoms. The number of aliphatic imine (C=N–C) groups is 1. The third-order valence-electron chi connectivity index (χ3n) is 3.73. The molecule has 2 aromatic rings. The number of halogens is 1. The maximum atomic E-state index is 5.91. The van der Waals surface area contributed by atoms with Gasteiger partial charge in [-0.25, -0.2) is 0 Å². The molecule has 0 aromatic heterocycles. The highest BCUT2D eigenvalue weighted by atomic mass is 127. The van der Waals surface area contributed by atoms with Crippen LogP contribution in [0.4, 0.5) is 0 Å². The highest BCUT2D eigenvalue weighted by Gasteiger charge is 2.01. The van der Waals surface area contributed by atoms with Crippen LogP contribution in [-0.2, 0) is 12.8 Å². The van der Waals surface area contributed by atoms with Gasteiger partial charge < -0.3 is 20.5 Å². The molecule has 2 rings (SSSR count). The molecule has 3 N–H and O–H groups in total. The van der Waals surface area contributed by atoms with Gasteiger partial charge in [-0.1, -0.05) is 30.3 Å². The maximum absolute atomic E-state index is 5.91. The molecule has 0 saturated heterocycles. The van der Waals surface area contributed by atoms with Crippen LogP contribution in [-0.4, -0.2) is 33.3 Å². The largest absolute Gasteiger partial charge is 0.497 e. The number of hydrogen-bond donors (Lipinski definition) is 2. The van der Waals surface area contributed by atoms with E-state index in [-0.39, 0.29) is 24.0 Å². The Hall–Kier alpha value is -1.96. The number of benzene rings is 2. The summed E-state index contributed by atoms with van der Waals surface area (Å²) in [5, 5.41) is 3.14. The van der Waals surface area contributed by atoms with Crippen LogP contribution in [0.5, 0.6) is 11.5 Å². The first-order valence-electron chi connectivity index (χ1n) is 8.01. The average Bonchev–Trinajstić information content (AvgIpc) is 2.62. The monoisotopic (exact) mass is 455 g/mol. The smallest absolute Gasteiger partial charge is 0.188 e. The summed E-state index contributed by atoms with van der Waals surface area (Å²) in [5.41, 5.74) is 8.27. The van der Waals surface area contributed by atoms with Crippen molar-refractivity contribution >= 4 is 29.9 Å². The number of nitrogens with one attached hydrogen (secondary N) is 1. The fourth-order valence-corrected chi connectivity index (χ4v) is 2.39. The maximum Gasteiger partial charge on any atom is 0.188 e. The van der Waals surface area contributed by atoms with E-state index in [2.05, 4.69) is 22.4 Å². The summed E-state index contributed by atoms with van der Waals surface area (Å²) in [6, 6.07) is 16.0. The van der Waals surface area contributed by atoms with E-state index in [4.69, 9.17) is 15.2 Å². The van der Waals surface area contributed by atoms with Gasteiger partial charge in [0, 0.05) is 13.1 Å². The second-order valence-corrected chi connectivity index (χ2v) is 5.35. The van der Waals surface area contributed by atoms with Crippen molar-refractivity contribution in [2.45, 2.75) is 12.8 Å². The van der Waals surface area contributed by atoms with Gasteiger partial charge in [-0.05, 0) is 42.2 Å². The summed E-state index contributed by atoms with van der Waals surface area (Å²) in [4.78, 5) is 4.36. The minimum Gasteiger partial charge on any atom is -0.497 e. The second kappa shape index (κ2) is 11.6. The molecule has 0 radical (unpaired) electrons. The van der Waals surface area contributed by atoms with E-state index < -0.39 is 0 Å². The van der Waals surface area contributed by atoms with E-state index in [0.717, 1.165) is 36.4 Å². The van der Waals surface area contributed by atoms with Gasteiger partial charge in [0.25, 0.3) is 0 Å². The van der Waals surface area contributed by atoms with Crippen molar-refractivity contribution in [3.8, 4) is 11.5 Å². The molecular formula is C19H26IN3O2. The Morgan fingerprint density at radius 1 is 1.00 bits per heavy atom. The summed E-state index contributed by atoms with van der Waals surface area (Å²) >= 11 is 0. The molecule has 0 aliphatic rings. The minimum absolute atomic E-state index is 0. The molecule has 5 nitrogen and oxygen atoms in total. The number of ether oxygens (including phenoxy) is 2. The van der Waals surface area contributed by atoms with Crippen molar-refractivity contribution in [2.24, 2.45) is 10.7 Å². The van der Waals surface area contributed by atoms with Crippen LogP contribution in [0, 0.1) is 0 Å². The molecule has 136 valence electrons. The molecule has 0 heterocycles. The summed E-state index contributed by atoms with van der Waals surface area (Å²) in [6.07, 6.45) is 1.68. The van der Waals surface area contributed by atoms with Gasteiger partial charge >= 0.3 is 0 Å². The first-order valence-corrected chi connectivity index (χ1v) is 8.01. The van der Waals surface area contributed by atoms with E-state index in [1.54, 1.807) is 14.2 Å². The number of nitrogens with two attached hydrogens (primary N) is 1. The topological polar surface area (TPSA) is 68.9 Å². The van der Waals surface area contributed by atoms with Gasteiger partial charge in [-0.15, -0.1) is 24.0 Å². The summed E-state index contributed by atoms with van der Waals surface area (Å²) in [6.45, 7) is 1.37. The van der Waals surface area contributed by atoms with Gasteiger partial charge in [-0.3, -0.25) is 4.99 Å². The lowest BCUT2D eigenvalue weighted by Gasteiger charge is -2.08. The zero-order valence-electron chi connectivity index (χ0n) is 14.7. The molecule has 0 saturated carbocycles. The van der Waals surface area contributed by atoms with Gasteiger partial charge in [-0.2, -0.15) is 0 Å². The number of rotatable bonds is 8. The fraction of sp³-hybridized carbons (Fsp3) is 0.316. The van der Waals surface area contributed by atoms with Gasteiger partial charge in [0.2, 0.25) is 0 Å². The van der Waals surface area contributed by atoms with E-state index in [0.29, 0.717) is 12.5 Å². The Labute approximate surface area is 166 Å². The van der Waals surface area contributed by atoms with Crippen LogP contribution >= 0.6 is 24.0 Å². The Morgan fingerprint density at radius 3 is 2.40 bits per heavy atom. The zero-order valence-corrected chi connectivity index (χ0v) is 17.0. The van der Waals surface area contributed by atoms with Crippen molar-refractivity contribution in [1.29, 1.82) is 0 Å². The third kappa shape index (κ3) is 7.21. The predicted octanol–water partition coefficient (Wildman–Crippen LogP) is 3.01. The van der Waals surface area contributed by atoms with Gasteiger partial charge in [0.05, 0.1) is 14.2 Å².